The Labute approximate surface area is 244 Å². The molecule has 6 nitrogen and oxygen atoms in total. The SMILES string of the molecule is Cc1ccc(N2C(=O)[C@@H]3[C@H](C2=O)[C@H]2C=Cc4ccccc4N2[C@@H]3C(=O)OC(c2ccccc2)c2ccccc2)c(C)c1. The Hall–Kier alpha value is -4.97. The average molecular weight is 555 g/mol. The first-order valence-electron chi connectivity index (χ1n) is 14.2. The monoisotopic (exact) mass is 554 g/mol. The van der Waals surface area contributed by atoms with E-state index in [2.05, 4.69) is 0 Å². The number of esters is 1. The van der Waals surface area contributed by atoms with Crippen LogP contribution in [-0.4, -0.2) is 29.9 Å². The van der Waals surface area contributed by atoms with Gasteiger partial charge in [0.15, 0.2) is 6.10 Å². The van der Waals surface area contributed by atoms with Gasteiger partial charge in [-0.1, -0.05) is 109 Å². The zero-order valence-corrected chi connectivity index (χ0v) is 23.4. The molecule has 6 heteroatoms. The van der Waals surface area contributed by atoms with Crippen molar-refractivity contribution in [2.24, 2.45) is 11.8 Å². The Morgan fingerprint density at radius 1 is 0.738 bits per heavy atom. The highest BCUT2D eigenvalue weighted by molar-refractivity contribution is 6.25. The summed E-state index contributed by atoms with van der Waals surface area (Å²) in [5.41, 5.74) is 5.85. The molecule has 3 aliphatic heterocycles. The molecule has 208 valence electrons. The topological polar surface area (TPSA) is 66.9 Å². The maximum absolute atomic E-state index is 14.4. The second-order valence-corrected chi connectivity index (χ2v) is 11.3. The maximum Gasteiger partial charge on any atom is 0.330 e. The van der Waals surface area contributed by atoms with Crippen molar-refractivity contribution in [2.45, 2.75) is 32.0 Å². The summed E-state index contributed by atoms with van der Waals surface area (Å²) in [5, 5.41) is 0. The van der Waals surface area contributed by atoms with Gasteiger partial charge in [-0.25, -0.2) is 9.69 Å². The van der Waals surface area contributed by atoms with Gasteiger partial charge in [-0.2, -0.15) is 0 Å². The van der Waals surface area contributed by atoms with Crippen LogP contribution in [0.2, 0.25) is 0 Å². The van der Waals surface area contributed by atoms with Crippen molar-refractivity contribution in [3.63, 3.8) is 0 Å². The van der Waals surface area contributed by atoms with E-state index in [1.807, 2.05) is 134 Å². The van der Waals surface area contributed by atoms with E-state index in [1.165, 1.54) is 4.90 Å². The third-order valence-electron chi connectivity index (χ3n) is 8.69. The van der Waals surface area contributed by atoms with Crippen LogP contribution in [0.4, 0.5) is 11.4 Å². The molecule has 7 rings (SSSR count). The largest absolute Gasteiger partial charge is 0.451 e. The summed E-state index contributed by atoms with van der Waals surface area (Å²) in [4.78, 5) is 46.1. The van der Waals surface area contributed by atoms with Crippen LogP contribution in [0.5, 0.6) is 0 Å². The first-order chi connectivity index (χ1) is 20.4. The first kappa shape index (κ1) is 26.0. The second-order valence-electron chi connectivity index (χ2n) is 11.3. The van der Waals surface area contributed by atoms with E-state index in [-0.39, 0.29) is 11.8 Å². The predicted molar refractivity (Wildman–Crippen MR) is 162 cm³/mol. The average Bonchev–Trinajstić information content (AvgIpc) is 3.49. The van der Waals surface area contributed by atoms with Crippen LogP contribution >= 0.6 is 0 Å². The first-order valence-corrected chi connectivity index (χ1v) is 14.2. The maximum atomic E-state index is 14.4. The van der Waals surface area contributed by atoms with Crippen molar-refractivity contribution in [3.8, 4) is 0 Å². The molecule has 4 aromatic carbocycles. The third-order valence-corrected chi connectivity index (χ3v) is 8.69. The number of nitrogens with zero attached hydrogens (tertiary/aromatic N) is 2. The molecule has 0 saturated carbocycles. The molecule has 0 unspecified atom stereocenters. The summed E-state index contributed by atoms with van der Waals surface area (Å²) in [7, 11) is 0. The molecule has 4 aromatic rings. The Morgan fingerprint density at radius 3 is 2.02 bits per heavy atom. The minimum absolute atomic E-state index is 0.283. The van der Waals surface area contributed by atoms with Gasteiger partial charge in [-0.3, -0.25) is 9.59 Å². The van der Waals surface area contributed by atoms with Gasteiger partial charge in [0, 0.05) is 5.69 Å². The number of aryl methyl sites for hydroxylation is 2. The number of carbonyl (C=O) groups is 3. The Bertz CT molecular complexity index is 1690. The molecule has 0 bridgehead atoms. The minimum Gasteiger partial charge on any atom is -0.451 e. The van der Waals surface area contributed by atoms with Crippen molar-refractivity contribution >= 4 is 35.2 Å². The minimum atomic E-state index is -0.978. The molecule has 0 radical (unpaired) electrons. The van der Waals surface area contributed by atoms with Gasteiger partial charge in [0.05, 0.1) is 23.6 Å². The van der Waals surface area contributed by atoms with Gasteiger partial charge in [-0.05, 0) is 48.2 Å². The fourth-order valence-corrected chi connectivity index (χ4v) is 6.85. The number of carbonyl (C=O) groups excluding carboxylic acids is 3. The Balaban J connectivity index is 1.32. The van der Waals surface area contributed by atoms with E-state index in [4.69, 9.17) is 4.74 Å². The Kier molecular flexibility index (Phi) is 6.27. The summed E-state index contributed by atoms with van der Waals surface area (Å²) < 4.78 is 6.36. The van der Waals surface area contributed by atoms with Crippen LogP contribution in [0.1, 0.15) is 33.9 Å². The lowest BCUT2D eigenvalue weighted by atomic mass is 9.88. The molecule has 0 aliphatic carbocycles. The lowest BCUT2D eigenvalue weighted by molar-refractivity contribution is -0.151. The van der Waals surface area contributed by atoms with Gasteiger partial charge < -0.3 is 9.64 Å². The molecule has 3 heterocycles. The molecular weight excluding hydrogens is 524 g/mol. The normalized spacial score (nSPS) is 22.3. The van der Waals surface area contributed by atoms with Gasteiger partial charge in [0.25, 0.3) is 0 Å². The van der Waals surface area contributed by atoms with Crippen molar-refractivity contribution in [2.75, 3.05) is 9.80 Å². The molecule has 0 spiro atoms. The molecule has 2 saturated heterocycles. The second kappa shape index (κ2) is 10.1. The van der Waals surface area contributed by atoms with Crippen LogP contribution in [-0.2, 0) is 19.1 Å². The van der Waals surface area contributed by atoms with E-state index in [9.17, 15) is 14.4 Å². The van der Waals surface area contributed by atoms with E-state index in [1.54, 1.807) is 0 Å². The molecule has 2 amide bonds. The lowest BCUT2D eigenvalue weighted by Crippen LogP contribution is -2.49. The molecule has 42 heavy (non-hydrogen) atoms. The summed E-state index contributed by atoms with van der Waals surface area (Å²) in [6, 6.07) is 31.2. The quantitative estimate of drug-likeness (QED) is 0.223. The number of amides is 2. The van der Waals surface area contributed by atoms with E-state index in [0.717, 1.165) is 33.5 Å². The highest BCUT2D eigenvalue weighted by Gasteiger charge is 2.65. The number of hydrogen-bond donors (Lipinski definition) is 0. The molecule has 4 atom stereocenters. The predicted octanol–water partition coefficient (Wildman–Crippen LogP) is 6.03. The highest BCUT2D eigenvalue weighted by Crippen LogP contribution is 2.50. The summed E-state index contributed by atoms with van der Waals surface area (Å²) >= 11 is 0. The van der Waals surface area contributed by atoms with Crippen LogP contribution in [0, 0.1) is 25.7 Å². The molecule has 3 aliphatic rings. The number of benzene rings is 4. The molecule has 0 aromatic heterocycles. The zero-order chi connectivity index (χ0) is 29.0. The highest BCUT2D eigenvalue weighted by atomic mass is 16.5. The van der Waals surface area contributed by atoms with Gasteiger partial charge in [-0.15, -0.1) is 0 Å². The van der Waals surface area contributed by atoms with Crippen LogP contribution in [0.15, 0.2) is 109 Å². The van der Waals surface area contributed by atoms with E-state index in [0.29, 0.717) is 5.69 Å². The summed E-state index contributed by atoms with van der Waals surface area (Å²) in [5.74, 6) is -2.78. The lowest BCUT2D eigenvalue weighted by Gasteiger charge is -2.36. The summed E-state index contributed by atoms with van der Waals surface area (Å²) in [6.45, 7) is 3.87. The van der Waals surface area contributed by atoms with Gasteiger partial charge >= 0.3 is 5.97 Å². The molecular formula is C36H30N2O4. The number of imide groups is 1. The molecule has 0 N–H and O–H groups in total. The van der Waals surface area contributed by atoms with Crippen LogP contribution < -0.4 is 9.80 Å². The van der Waals surface area contributed by atoms with Gasteiger partial charge in [0.2, 0.25) is 11.8 Å². The van der Waals surface area contributed by atoms with Crippen LogP contribution in [0.3, 0.4) is 0 Å². The van der Waals surface area contributed by atoms with Gasteiger partial charge in [0.1, 0.15) is 6.04 Å². The Morgan fingerprint density at radius 2 is 1.36 bits per heavy atom. The number of fused-ring (bicyclic) bond motifs is 5. The van der Waals surface area contributed by atoms with E-state index >= 15 is 0 Å². The third kappa shape index (κ3) is 4.05. The van der Waals surface area contributed by atoms with Crippen molar-refractivity contribution in [3.05, 3.63) is 137 Å². The van der Waals surface area contributed by atoms with E-state index < -0.39 is 36.0 Å². The smallest absolute Gasteiger partial charge is 0.330 e. The van der Waals surface area contributed by atoms with Crippen molar-refractivity contribution in [1.82, 2.24) is 0 Å². The number of rotatable bonds is 5. The van der Waals surface area contributed by atoms with Crippen LogP contribution in [0.25, 0.3) is 6.08 Å². The number of ether oxygens (including phenoxy) is 1. The fraction of sp³-hybridized carbons (Fsp3) is 0.194. The number of hydrogen-bond acceptors (Lipinski definition) is 5. The fourth-order valence-electron chi connectivity index (χ4n) is 6.85. The number of para-hydroxylation sites is 1. The standard InChI is InChI=1S/C36H30N2O4/c1-22-17-19-27(23(2)21-22)38-34(39)30-29-20-18-24-11-9-10-16-28(24)37(29)32(31(30)35(38)40)36(41)42-33(25-12-5-3-6-13-25)26-14-7-4-8-15-26/h3-21,29-33H,1-2H3/t29-,30-,31-,32+/m1/s1. The zero-order valence-electron chi connectivity index (χ0n) is 23.4. The summed E-state index contributed by atoms with van der Waals surface area (Å²) in [6.07, 6.45) is 3.27. The van der Waals surface area contributed by atoms with Crippen molar-refractivity contribution < 1.29 is 19.1 Å². The van der Waals surface area contributed by atoms with Crippen molar-refractivity contribution in [1.29, 1.82) is 0 Å². The molecule has 2 fully saturated rings. The number of anilines is 2.